The van der Waals surface area contributed by atoms with Crippen molar-refractivity contribution in [3.63, 3.8) is 0 Å². The van der Waals surface area contributed by atoms with Crippen LogP contribution in [0.15, 0.2) is 84.0 Å². The maximum absolute atomic E-state index is 12.7. The van der Waals surface area contributed by atoms with E-state index in [9.17, 15) is 4.79 Å². The number of halogens is 1. The zero-order chi connectivity index (χ0) is 30.0. The molecule has 0 bridgehead atoms. The number of aromatic nitrogens is 2. The molecule has 0 saturated carbocycles. The van der Waals surface area contributed by atoms with E-state index in [2.05, 4.69) is 45.5 Å². The predicted molar refractivity (Wildman–Crippen MR) is 174 cm³/mol. The van der Waals surface area contributed by atoms with Crippen LogP contribution in [0.5, 0.6) is 11.5 Å². The molecule has 2 heterocycles. The van der Waals surface area contributed by atoms with Gasteiger partial charge in [0.05, 0.1) is 14.2 Å². The average Bonchev–Trinajstić information content (AvgIpc) is 3.04. The van der Waals surface area contributed by atoms with Gasteiger partial charge in [0.2, 0.25) is 0 Å². The second-order valence-electron chi connectivity index (χ2n) is 10.6. The summed E-state index contributed by atoms with van der Waals surface area (Å²) in [5, 5.41) is 4.11. The number of hydrogen-bond donors (Lipinski definition) is 1. The summed E-state index contributed by atoms with van der Waals surface area (Å²) < 4.78 is 10.6. The molecule has 1 saturated heterocycles. The molecule has 0 aliphatic carbocycles. The number of piperidine rings is 1. The fourth-order valence-electron chi connectivity index (χ4n) is 5.28. The Bertz CT molecular complexity index is 1500. The molecule has 1 fully saturated rings. The van der Waals surface area contributed by atoms with Crippen LogP contribution in [-0.4, -0.2) is 49.7 Å². The number of nitrogens with zero attached hydrogens (tertiary/aromatic N) is 3. The fraction of sp³-hybridized carbons (Fsp3) is 0.324. The first kappa shape index (κ1) is 30.7. The number of carbonyl (C=O) groups excluding carboxylic acids is 1. The zero-order valence-corrected chi connectivity index (χ0v) is 26.2. The van der Waals surface area contributed by atoms with E-state index in [1.165, 1.54) is 5.56 Å². The first-order chi connectivity index (χ1) is 21.0. The summed E-state index contributed by atoms with van der Waals surface area (Å²) in [6.07, 6.45) is 4.08. The van der Waals surface area contributed by atoms with Crippen LogP contribution in [0.4, 0.5) is 5.82 Å². The van der Waals surface area contributed by atoms with Crippen molar-refractivity contribution in [3.8, 4) is 11.5 Å². The summed E-state index contributed by atoms with van der Waals surface area (Å²) in [5.74, 6) is 3.52. The molecular weight excluding hydrogens is 580 g/mol. The molecule has 0 radical (unpaired) electrons. The molecule has 4 aromatic rings. The van der Waals surface area contributed by atoms with Gasteiger partial charge in [-0.2, -0.15) is 0 Å². The monoisotopic (exact) mass is 616 g/mol. The van der Waals surface area contributed by atoms with E-state index < -0.39 is 0 Å². The van der Waals surface area contributed by atoms with Crippen molar-refractivity contribution in [1.82, 2.24) is 15.3 Å². The summed E-state index contributed by atoms with van der Waals surface area (Å²) in [4.78, 5) is 24.3. The Morgan fingerprint density at radius 1 is 0.907 bits per heavy atom. The number of amides is 1. The predicted octanol–water partition coefficient (Wildman–Crippen LogP) is 6.87. The van der Waals surface area contributed by atoms with Crippen LogP contribution in [-0.2, 0) is 18.6 Å². The fourth-order valence-corrected chi connectivity index (χ4v) is 6.32. The Morgan fingerprint density at radius 3 is 2.35 bits per heavy atom. The summed E-state index contributed by atoms with van der Waals surface area (Å²) in [5.41, 5.74) is 4.17. The number of benzene rings is 3. The third-order valence-electron chi connectivity index (χ3n) is 7.70. The average molecular weight is 617 g/mol. The van der Waals surface area contributed by atoms with Crippen LogP contribution in [0.25, 0.3) is 0 Å². The van der Waals surface area contributed by atoms with Gasteiger partial charge in [-0.25, -0.2) is 9.97 Å². The van der Waals surface area contributed by atoms with E-state index in [1.54, 1.807) is 26.0 Å². The van der Waals surface area contributed by atoms with Crippen molar-refractivity contribution < 1.29 is 14.3 Å². The van der Waals surface area contributed by atoms with E-state index >= 15 is 0 Å². The molecule has 3 aromatic carbocycles. The highest BCUT2D eigenvalue weighted by Crippen LogP contribution is 2.29. The number of carbonyl (C=O) groups is 1. The van der Waals surface area contributed by atoms with Gasteiger partial charge in [-0.3, -0.25) is 4.79 Å². The molecule has 224 valence electrons. The van der Waals surface area contributed by atoms with E-state index in [1.807, 2.05) is 48.5 Å². The van der Waals surface area contributed by atoms with Crippen molar-refractivity contribution in [2.75, 3.05) is 38.8 Å². The van der Waals surface area contributed by atoms with Crippen LogP contribution in [0.2, 0.25) is 5.15 Å². The maximum atomic E-state index is 12.7. The molecule has 1 N–H and O–H groups in total. The minimum atomic E-state index is -0.102. The molecule has 0 atom stereocenters. The van der Waals surface area contributed by atoms with Crippen molar-refractivity contribution in [3.05, 3.63) is 106 Å². The Morgan fingerprint density at radius 2 is 1.63 bits per heavy atom. The number of rotatable bonds is 12. The maximum Gasteiger partial charge on any atom is 0.251 e. The van der Waals surface area contributed by atoms with E-state index in [4.69, 9.17) is 26.1 Å². The number of anilines is 1. The molecule has 5 rings (SSSR count). The lowest BCUT2D eigenvalue weighted by Gasteiger charge is -2.33. The van der Waals surface area contributed by atoms with Gasteiger partial charge in [0.25, 0.3) is 5.91 Å². The highest BCUT2D eigenvalue weighted by Gasteiger charge is 2.21. The van der Waals surface area contributed by atoms with Crippen LogP contribution in [0, 0.1) is 5.92 Å². The SMILES string of the molecule is COc1ccc(CCNC(=O)c2ccc(CSc3nc(Cl)cc(N4CCC(Cc5ccccc5)CC4)n3)cc2)cc1OC. The summed E-state index contributed by atoms with van der Waals surface area (Å²) >= 11 is 7.95. The number of methoxy groups -OCH3 is 2. The van der Waals surface area contributed by atoms with Gasteiger partial charge in [-0.05, 0) is 72.6 Å². The van der Waals surface area contributed by atoms with Gasteiger partial charge < -0.3 is 19.7 Å². The summed E-state index contributed by atoms with van der Waals surface area (Å²) in [6, 6.07) is 26.0. The highest BCUT2D eigenvalue weighted by atomic mass is 35.5. The normalized spacial score (nSPS) is 13.5. The first-order valence-electron chi connectivity index (χ1n) is 14.5. The smallest absolute Gasteiger partial charge is 0.251 e. The van der Waals surface area contributed by atoms with E-state index in [0.29, 0.717) is 52.0 Å². The molecule has 1 aliphatic heterocycles. The molecule has 1 amide bonds. The Hall–Kier alpha value is -3.75. The van der Waals surface area contributed by atoms with Gasteiger partial charge in [0, 0.05) is 37.0 Å². The van der Waals surface area contributed by atoms with Gasteiger partial charge in [0.1, 0.15) is 11.0 Å². The van der Waals surface area contributed by atoms with Crippen molar-refractivity contribution >= 4 is 35.1 Å². The third kappa shape index (κ3) is 8.65. The second kappa shape index (κ2) is 15.1. The largest absolute Gasteiger partial charge is 0.493 e. The van der Waals surface area contributed by atoms with Crippen LogP contribution in [0.3, 0.4) is 0 Å². The number of nitrogens with one attached hydrogen (secondary N) is 1. The molecule has 0 unspecified atom stereocenters. The van der Waals surface area contributed by atoms with Crippen LogP contribution < -0.4 is 19.7 Å². The van der Waals surface area contributed by atoms with Gasteiger partial charge >= 0.3 is 0 Å². The zero-order valence-electron chi connectivity index (χ0n) is 24.6. The molecule has 1 aromatic heterocycles. The Balaban J connectivity index is 1.09. The Labute approximate surface area is 263 Å². The van der Waals surface area contributed by atoms with Crippen LogP contribution in [0.1, 0.15) is 39.9 Å². The lowest BCUT2D eigenvalue weighted by Crippen LogP contribution is -2.35. The van der Waals surface area contributed by atoms with Gasteiger partial charge in [-0.15, -0.1) is 0 Å². The van der Waals surface area contributed by atoms with E-state index in [-0.39, 0.29) is 5.91 Å². The molecule has 7 nitrogen and oxygen atoms in total. The number of hydrogen-bond acceptors (Lipinski definition) is 7. The lowest BCUT2D eigenvalue weighted by molar-refractivity contribution is 0.0954. The van der Waals surface area contributed by atoms with Gasteiger partial charge in [-0.1, -0.05) is 71.9 Å². The quantitative estimate of drug-likeness (QED) is 0.106. The van der Waals surface area contributed by atoms with Crippen molar-refractivity contribution in [2.24, 2.45) is 5.92 Å². The minimum Gasteiger partial charge on any atom is -0.493 e. The van der Waals surface area contributed by atoms with Gasteiger partial charge in [0.15, 0.2) is 16.7 Å². The van der Waals surface area contributed by atoms with Crippen molar-refractivity contribution in [2.45, 2.75) is 36.6 Å². The molecule has 1 aliphatic rings. The summed E-state index contributed by atoms with van der Waals surface area (Å²) in [7, 11) is 3.23. The summed E-state index contributed by atoms with van der Waals surface area (Å²) in [6.45, 7) is 2.45. The van der Waals surface area contributed by atoms with Crippen molar-refractivity contribution in [1.29, 1.82) is 0 Å². The highest BCUT2D eigenvalue weighted by molar-refractivity contribution is 7.98. The standard InChI is InChI=1S/C34H37ClN4O3S/c1-41-29-13-10-25(21-30(29)42-2)14-17-36-33(40)28-11-8-27(9-12-28)23-43-34-37-31(35)22-32(38-34)39-18-15-26(16-19-39)20-24-6-4-3-5-7-24/h3-13,21-22,26H,14-20,23H2,1-2H3,(H,36,40). The molecule has 43 heavy (non-hydrogen) atoms. The lowest BCUT2D eigenvalue weighted by atomic mass is 9.90. The Kier molecular flexibility index (Phi) is 10.8. The topological polar surface area (TPSA) is 76.6 Å². The molecule has 0 spiro atoms. The molecular formula is C34H37ClN4O3S. The first-order valence-corrected chi connectivity index (χ1v) is 15.9. The number of thioether (sulfide) groups is 1. The third-order valence-corrected chi connectivity index (χ3v) is 8.81. The van der Waals surface area contributed by atoms with E-state index in [0.717, 1.165) is 49.3 Å². The minimum absolute atomic E-state index is 0.102. The molecule has 9 heteroatoms. The second-order valence-corrected chi connectivity index (χ2v) is 12.0. The van der Waals surface area contributed by atoms with Crippen LogP contribution >= 0.6 is 23.4 Å². The number of ether oxygens (including phenoxy) is 2.